The molecule has 3 atom stereocenters. The molecule has 0 radical (unpaired) electrons. The van der Waals surface area contributed by atoms with Crippen molar-refractivity contribution in [3.05, 3.63) is 42.6 Å². The van der Waals surface area contributed by atoms with E-state index in [2.05, 4.69) is 33.2 Å². The van der Waals surface area contributed by atoms with Gasteiger partial charge in [0.25, 0.3) is 0 Å². The number of benzene rings is 1. The summed E-state index contributed by atoms with van der Waals surface area (Å²) in [6, 6.07) is 5.95. The summed E-state index contributed by atoms with van der Waals surface area (Å²) in [7, 11) is 1.98. The van der Waals surface area contributed by atoms with E-state index in [4.69, 9.17) is 22.3 Å². The summed E-state index contributed by atoms with van der Waals surface area (Å²) in [5, 5.41) is 4.50. The minimum absolute atomic E-state index is 0.0496. The lowest BCUT2D eigenvalue weighted by Gasteiger charge is -2.36. The number of cyclic esters (lactones) is 1. The Hall–Kier alpha value is -2.61. The molecule has 0 aliphatic carbocycles. The third-order valence-corrected chi connectivity index (χ3v) is 7.96. The van der Waals surface area contributed by atoms with Crippen molar-refractivity contribution >= 4 is 45.6 Å². The average Bonchev–Trinajstić information content (AvgIpc) is 2.96. The molecule has 11 heteroatoms. The summed E-state index contributed by atoms with van der Waals surface area (Å²) in [4.78, 5) is 28.6. The highest BCUT2D eigenvalue weighted by Gasteiger charge is 2.32. The fourth-order valence-corrected chi connectivity index (χ4v) is 5.43. The number of nitrogens with one attached hydrogen (secondary N) is 1. The number of carbonyl (C=O) groups is 1. The zero-order chi connectivity index (χ0) is 27.2. The van der Waals surface area contributed by atoms with Gasteiger partial charge >= 0.3 is 5.97 Å². The van der Waals surface area contributed by atoms with Gasteiger partial charge in [-0.15, -0.1) is 0 Å². The van der Waals surface area contributed by atoms with Crippen LogP contribution in [-0.4, -0.2) is 77.4 Å². The molecule has 0 saturated carbocycles. The molecular weight excluding hydrogens is 613 g/mol. The van der Waals surface area contributed by atoms with Crippen molar-refractivity contribution in [2.75, 3.05) is 38.7 Å². The molecule has 0 amide bonds. The van der Waals surface area contributed by atoms with Crippen molar-refractivity contribution in [1.29, 1.82) is 0 Å². The fraction of sp³-hybridized carbons (Fsp3) is 0.500. The number of aromatic nitrogens is 3. The number of piperidine rings is 1. The van der Waals surface area contributed by atoms with Gasteiger partial charge in [0.05, 0.1) is 43.3 Å². The first-order valence-corrected chi connectivity index (χ1v) is 14.3. The number of likely N-dealkylation sites (tertiary alicyclic amines) is 1. The molecule has 1 fully saturated rings. The first-order chi connectivity index (χ1) is 19.1. The highest BCUT2D eigenvalue weighted by atomic mass is 127. The Morgan fingerprint density at radius 2 is 2.00 bits per heavy atom. The number of fused-ring (bicyclic) bond motifs is 3. The Morgan fingerprint density at radius 3 is 2.79 bits per heavy atom. The molecule has 2 aromatic heterocycles. The van der Waals surface area contributed by atoms with Gasteiger partial charge in [0, 0.05) is 47.9 Å². The van der Waals surface area contributed by atoms with Gasteiger partial charge in [0.15, 0.2) is 5.82 Å². The maximum Gasteiger partial charge on any atom is 0.323 e. The predicted molar refractivity (Wildman–Crippen MR) is 156 cm³/mol. The first-order valence-electron chi connectivity index (χ1n) is 13.4. The Kier molecular flexibility index (Phi) is 9.43. The molecule has 0 spiro atoms. The lowest BCUT2D eigenvalue weighted by Crippen LogP contribution is -2.49. The number of anilines is 1. The van der Waals surface area contributed by atoms with E-state index >= 15 is 0 Å². The highest BCUT2D eigenvalue weighted by molar-refractivity contribution is 14.1. The molecule has 1 aromatic carbocycles. The maximum atomic E-state index is 12.8. The minimum Gasteiger partial charge on any atom is -0.492 e. The average molecular weight is 648 g/mol. The molecule has 5 rings (SSSR count). The summed E-state index contributed by atoms with van der Waals surface area (Å²) in [6.07, 6.45) is 8.55. The fourth-order valence-electron chi connectivity index (χ4n) is 4.92. The van der Waals surface area contributed by atoms with Crippen molar-refractivity contribution in [3.63, 3.8) is 0 Å². The van der Waals surface area contributed by atoms with Crippen LogP contribution in [0.1, 0.15) is 38.4 Å². The van der Waals surface area contributed by atoms with Crippen molar-refractivity contribution in [2.24, 2.45) is 0 Å². The van der Waals surface area contributed by atoms with Gasteiger partial charge in [-0.05, 0) is 44.5 Å². The number of rotatable bonds is 7. The maximum absolute atomic E-state index is 12.8. The third kappa shape index (κ3) is 6.76. The number of halogens is 1. The van der Waals surface area contributed by atoms with E-state index in [0.717, 1.165) is 47.1 Å². The van der Waals surface area contributed by atoms with Gasteiger partial charge in [-0.3, -0.25) is 14.7 Å². The number of nitrogens with zero attached hydrogens (tertiary/aromatic N) is 4. The van der Waals surface area contributed by atoms with Crippen molar-refractivity contribution in [3.8, 4) is 16.9 Å². The Balaban J connectivity index is 1.42. The second-order valence-corrected chi connectivity index (χ2v) is 10.5. The van der Waals surface area contributed by atoms with E-state index in [9.17, 15) is 4.79 Å². The van der Waals surface area contributed by atoms with E-state index in [-0.39, 0.29) is 24.2 Å². The molecule has 2 aliphatic heterocycles. The number of ether oxygens (including phenoxy) is 3. The van der Waals surface area contributed by atoms with Gasteiger partial charge in [0.1, 0.15) is 41.4 Å². The van der Waals surface area contributed by atoms with Crippen molar-refractivity contribution < 1.29 is 22.1 Å². The van der Waals surface area contributed by atoms with E-state index in [0.29, 0.717) is 50.8 Å². The monoisotopic (exact) mass is 647 g/mol. The van der Waals surface area contributed by atoms with Crippen molar-refractivity contribution in [2.45, 2.75) is 57.4 Å². The van der Waals surface area contributed by atoms with Crippen LogP contribution in [0, 0.1) is 0 Å². The van der Waals surface area contributed by atoms with E-state index in [1.54, 1.807) is 12.4 Å². The van der Waals surface area contributed by atoms with Crippen LogP contribution in [0.3, 0.4) is 0 Å². The quantitative estimate of drug-likeness (QED) is 0.290. The van der Waals surface area contributed by atoms with Gasteiger partial charge in [-0.25, -0.2) is 9.97 Å². The number of pyridine rings is 1. The molecule has 208 valence electrons. The zero-order valence-electron chi connectivity index (χ0n) is 22.3. The molecule has 1 saturated heterocycles. The highest BCUT2D eigenvalue weighted by Crippen LogP contribution is 2.37. The summed E-state index contributed by atoms with van der Waals surface area (Å²) >= 11 is 1.90. The Labute approximate surface area is 242 Å². The van der Waals surface area contributed by atoms with E-state index in [1.807, 2.05) is 48.4 Å². The lowest BCUT2D eigenvalue weighted by molar-refractivity contribution is -0.151. The number of esters is 1. The number of hydrogen-bond donors (Lipinski definition) is 1. The van der Waals surface area contributed by atoms with Crippen LogP contribution in [-0.2, 0) is 23.9 Å². The Morgan fingerprint density at radius 1 is 1.18 bits per heavy atom. The van der Waals surface area contributed by atoms with Gasteiger partial charge in [-0.1, -0.05) is 6.92 Å². The smallest absolute Gasteiger partial charge is 0.323 e. The van der Waals surface area contributed by atoms with Gasteiger partial charge in [0.2, 0.25) is 0 Å². The Bertz CT molecular complexity index is 1270. The lowest BCUT2D eigenvalue weighted by atomic mass is 9.97. The largest absolute Gasteiger partial charge is 0.492 e. The minimum atomic E-state index is -0.253. The van der Waals surface area contributed by atoms with Crippen molar-refractivity contribution in [1.82, 2.24) is 19.9 Å². The molecule has 4 heterocycles. The number of carbonyl (C=O) groups excluding carboxylic acids is 1. The topological polar surface area (TPSA) is 108 Å². The zero-order valence-corrected chi connectivity index (χ0v) is 24.4. The van der Waals surface area contributed by atoms with Crippen LogP contribution in [0.2, 0.25) is 0 Å². The standard InChI is InChI=1S/C28H34IN5O5/c1-3-21(39-29)16-36-17-26-31-13-18(14-32-26)22-5-6-24-23-11-20(15-30-24)33-19-7-8-34(2)25(12-19)28(35)38-10-4-9-37-27(22)23/h5-6,11,13-15,19,21,25,33H,3-4,7-10,12,16-17H2,1-2H3/t19-,21?,25-/m0/s1. The normalized spacial score (nSPS) is 21.1. The summed E-state index contributed by atoms with van der Waals surface area (Å²) in [5.41, 5.74) is 3.45. The summed E-state index contributed by atoms with van der Waals surface area (Å²) in [5.74, 6) is 1.14. The second kappa shape index (κ2) is 13.2. The molecule has 2 aliphatic rings. The first kappa shape index (κ1) is 27.9. The van der Waals surface area contributed by atoms with E-state index < -0.39 is 0 Å². The molecule has 10 nitrogen and oxygen atoms in total. The van der Waals surface area contributed by atoms with Crippen LogP contribution >= 0.6 is 23.0 Å². The van der Waals surface area contributed by atoms with Crippen LogP contribution in [0.5, 0.6) is 5.75 Å². The number of hydrogen-bond acceptors (Lipinski definition) is 10. The molecule has 1 unspecified atom stereocenters. The summed E-state index contributed by atoms with van der Waals surface area (Å²) in [6.45, 7) is 4.39. The molecule has 1 N–H and O–H groups in total. The molecule has 4 bridgehead atoms. The predicted octanol–water partition coefficient (Wildman–Crippen LogP) is 4.55. The van der Waals surface area contributed by atoms with E-state index in [1.165, 1.54) is 0 Å². The van der Waals surface area contributed by atoms with Crippen LogP contribution in [0.15, 0.2) is 36.8 Å². The number of likely N-dealkylation sites (N-methyl/N-ethyl adjacent to an activating group) is 1. The van der Waals surface area contributed by atoms with Gasteiger partial charge < -0.3 is 22.6 Å². The SMILES string of the molecule is CCC(COCc1ncc(-c2ccc3ncc4cc3c2OCCCOC(=O)[C@@H]2C[C@H](CCN2C)N4)cn1)OI. The molecule has 3 aromatic rings. The van der Waals surface area contributed by atoms with Crippen LogP contribution in [0.25, 0.3) is 22.0 Å². The van der Waals surface area contributed by atoms with Gasteiger partial charge in [-0.2, -0.15) is 0 Å². The third-order valence-electron chi connectivity index (χ3n) is 7.24. The molecule has 39 heavy (non-hydrogen) atoms. The van der Waals surface area contributed by atoms with Crippen LogP contribution < -0.4 is 10.1 Å². The van der Waals surface area contributed by atoms with Crippen LogP contribution in [0.4, 0.5) is 5.69 Å². The second-order valence-electron chi connectivity index (χ2n) is 9.99. The summed E-state index contributed by atoms with van der Waals surface area (Å²) < 4.78 is 23.0. The molecular formula is C28H34IN5O5.